The Balaban J connectivity index is 2.29. The molecule has 0 atom stereocenters. The molecule has 1 saturated heterocycles. The maximum Gasteiger partial charge on any atom is 0.319 e. The normalized spacial score (nSPS) is 18.3. The van der Waals surface area contributed by atoms with E-state index < -0.39 is 0 Å². The van der Waals surface area contributed by atoms with E-state index in [-0.39, 0.29) is 11.6 Å². The van der Waals surface area contributed by atoms with Crippen molar-refractivity contribution in [2.24, 2.45) is 0 Å². The fraction of sp³-hybridized carbons (Fsp3) is 0.917. The van der Waals surface area contributed by atoms with Crippen LogP contribution in [0.1, 0.15) is 33.6 Å². The van der Waals surface area contributed by atoms with Gasteiger partial charge in [0.1, 0.15) is 0 Å². The summed E-state index contributed by atoms with van der Waals surface area (Å²) >= 11 is 0. The largest absolute Gasteiger partial charge is 0.331 e. The van der Waals surface area contributed by atoms with Gasteiger partial charge < -0.3 is 9.80 Å². The predicted octanol–water partition coefficient (Wildman–Crippen LogP) is 1.45. The van der Waals surface area contributed by atoms with E-state index in [4.69, 9.17) is 4.84 Å². The zero-order chi connectivity index (χ0) is 13.1. The summed E-state index contributed by atoms with van der Waals surface area (Å²) in [5.41, 5.74) is 2.93. The number of carbonyl (C=O) groups is 1. The smallest absolute Gasteiger partial charge is 0.319 e. The van der Waals surface area contributed by atoms with Crippen molar-refractivity contribution in [1.82, 2.24) is 15.3 Å². The molecule has 1 aliphatic rings. The number of piperidine rings is 1. The molecule has 1 N–H and O–H groups in total. The number of hydrogen-bond acceptors (Lipinski definition) is 3. The van der Waals surface area contributed by atoms with Crippen molar-refractivity contribution < 1.29 is 9.63 Å². The average molecular weight is 243 g/mol. The van der Waals surface area contributed by atoms with E-state index in [0.29, 0.717) is 6.04 Å². The highest BCUT2D eigenvalue weighted by molar-refractivity contribution is 5.73. The lowest BCUT2D eigenvalue weighted by atomic mass is 10.1. The zero-order valence-corrected chi connectivity index (χ0v) is 11.6. The molecule has 0 spiro atoms. The van der Waals surface area contributed by atoms with Crippen molar-refractivity contribution >= 4 is 6.03 Å². The highest BCUT2D eigenvalue weighted by atomic mass is 16.7. The van der Waals surface area contributed by atoms with Crippen molar-refractivity contribution in [3.05, 3.63) is 0 Å². The van der Waals surface area contributed by atoms with Crippen LogP contribution < -0.4 is 5.48 Å². The quantitative estimate of drug-likeness (QED) is 0.747. The lowest BCUT2D eigenvalue weighted by molar-refractivity contribution is -0.0943. The van der Waals surface area contributed by atoms with Crippen LogP contribution in [-0.2, 0) is 4.84 Å². The molecule has 0 aliphatic carbocycles. The van der Waals surface area contributed by atoms with Gasteiger partial charge in [0.2, 0.25) is 0 Å². The number of hydrogen-bond donors (Lipinski definition) is 1. The van der Waals surface area contributed by atoms with Gasteiger partial charge in [0.05, 0.1) is 5.60 Å². The second-order valence-electron chi connectivity index (χ2n) is 5.77. The van der Waals surface area contributed by atoms with Crippen LogP contribution in [0.3, 0.4) is 0 Å². The summed E-state index contributed by atoms with van der Waals surface area (Å²) in [6.45, 7) is 7.64. The monoisotopic (exact) mass is 243 g/mol. The van der Waals surface area contributed by atoms with Crippen LogP contribution in [-0.4, -0.2) is 54.7 Å². The average Bonchev–Trinajstić information content (AvgIpc) is 2.25. The van der Waals surface area contributed by atoms with Crippen molar-refractivity contribution in [1.29, 1.82) is 0 Å². The Morgan fingerprint density at radius 3 is 2.24 bits per heavy atom. The number of likely N-dealkylation sites (tertiary alicyclic amines) is 1. The Hall–Kier alpha value is -0.810. The first-order valence-electron chi connectivity index (χ1n) is 6.19. The predicted molar refractivity (Wildman–Crippen MR) is 67.7 cm³/mol. The summed E-state index contributed by atoms with van der Waals surface area (Å²) in [5, 5.41) is 0. The zero-order valence-electron chi connectivity index (χ0n) is 11.6. The van der Waals surface area contributed by atoms with Crippen molar-refractivity contribution in [3.63, 3.8) is 0 Å². The number of rotatable bonds is 2. The second-order valence-corrected chi connectivity index (χ2v) is 5.77. The van der Waals surface area contributed by atoms with Crippen LogP contribution >= 0.6 is 0 Å². The lowest BCUT2D eigenvalue weighted by Gasteiger charge is -2.34. The Morgan fingerprint density at radius 1 is 1.29 bits per heavy atom. The molecule has 5 heteroatoms. The standard InChI is InChI=1S/C12H25N3O2/c1-12(2,3)17-13-10-6-8-15(9-7-10)11(16)14(4)5/h10,13H,6-9H2,1-5H3. The Morgan fingerprint density at radius 2 is 1.82 bits per heavy atom. The maximum atomic E-state index is 11.7. The molecular formula is C12H25N3O2. The maximum absolute atomic E-state index is 11.7. The third kappa shape index (κ3) is 4.91. The third-order valence-corrected chi connectivity index (χ3v) is 2.68. The van der Waals surface area contributed by atoms with Gasteiger partial charge in [-0.25, -0.2) is 4.79 Å². The molecule has 1 aliphatic heterocycles. The van der Waals surface area contributed by atoms with Crippen molar-refractivity contribution in [3.8, 4) is 0 Å². The van der Waals surface area contributed by atoms with Gasteiger partial charge in [0, 0.05) is 33.2 Å². The molecule has 1 rings (SSSR count). The van der Waals surface area contributed by atoms with E-state index in [1.807, 2.05) is 25.7 Å². The van der Waals surface area contributed by atoms with Crippen molar-refractivity contribution in [2.75, 3.05) is 27.2 Å². The molecule has 0 aromatic heterocycles. The van der Waals surface area contributed by atoms with E-state index in [1.54, 1.807) is 19.0 Å². The molecule has 0 saturated carbocycles. The number of urea groups is 1. The Kier molecular flexibility index (Phi) is 4.77. The van der Waals surface area contributed by atoms with Gasteiger partial charge in [0.25, 0.3) is 0 Å². The fourth-order valence-corrected chi connectivity index (χ4v) is 1.73. The van der Waals surface area contributed by atoms with Crippen LogP contribution in [0.5, 0.6) is 0 Å². The summed E-state index contributed by atoms with van der Waals surface area (Å²) in [7, 11) is 3.57. The molecule has 100 valence electrons. The SMILES string of the molecule is CN(C)C(=O)N1CCC(NOC(C)(C)C)CC1. The van der Waals surface area contributed by atoms with Gasteiger partial charge in [-0.3, -0.25) is 4.84 Å². The van der Waals surface area contributed by atoms with Gasteiger partial charge in [-0.2, -0.15) is 5.48 Å². The molecule has 2 amide bonds. The topological polar surface area (TPSA) is 44.8 Å². The molecular weight excluding hydrogens is 218 g/mol. The summed E-state index contributed by atoms with van der Waals surface area (Å²) < 4.78 is 0. The fourth-order valence-electron chi connectivity index (χ4n) is 1.73. The molecule has 1 fully saturated rings. The molecule has 0 bridgehead atoms. The molecule has 0 unspecified atom stereocenters. The van der Waals surface area contributed by atoms with Gasteiger partial charge in [-0.1, -0.05) is 0 Å². The summed E-state index contributed by atoms with van der Waals surface area (Å²) in [6, 6.07) is 0.445. The first-order chi connectivity index (χ1) is 7.79. The van der Waals surface area contributed by atoms with E-state index in [2.05, 4.69) is 5.48 Å². The molecule has 0 aromatic carbocycles. The number of carbonyl (C=O) groups excluding carboxylic acids is 1. The van der Waals surface area contributed by atoms with Crippen LogP contribution in [0.15, 0.2) is 0 Å². The Labute approximate surface area is 104 Å². The van der Waals surface area contributed by atoms with E-state index in [9.17, 15) is 4.79 Å². The van der Waals surface area contributed by atoms with Crippen LogP contribution in [0, 0.1) is 0 Å². The molecule has 0 radical (unpaired) electrons. The first-order valence-corrected chi connectivity index (χ1v) is 6.19. The van der Waals surface area contributed by atoms with Crippen molar-refractivity contribution in [2.45, 2.75) is 45.3 Å². The van der Waals surface area contributed by atoms with Gasteiger partial charge >= 0.3 is 6.03 Å². The molecule has 1 heterocycles. The summed E-state index contributed by atoms with van der Waals surface area (Å²) in [6.07, 6.45) is 1.88. The molecule has 0 aromatic rings. The first kappa shape index (κ1) is 14.3. The number of nitrogens with one attached hydrogen (secondary N) is 1. The van der Waals surface area contributed by atoms with E-state index >= 15 is 0 Å². The number of hydroxylamine groups is 1. The second kappa shape index (κ2) is 5.69. The van der Waals surface area contributed by atoms with Crippen LogP contribution in [0.4, 0.5) is 4.79 Å². The highest BCUT2D eigenvalue weighted by Crippen LogP contribution is 2.13. The molecule has 17 heavy (non-hydrogen) atoms. The van der Waals surface area contributed by atoms with Gasteiger partial charge in [0.15, 0.2) is 0 Å². The molecule has 5 nitrogen and oxygen atoms in total. The van der Waals surface area contributed by atoms with E-state index in [1.165, 1.54) is 0 Å². The van der Waals surface area contributed by atoms with E-state index in [0.717, 1.165) is 25.9 Å². The number of nitrogens with zero attached hydrogens (tertiary/aromatic N) is 2. The third-order valence-electron chi connectivity index (χ3n) is 2.68. The lowest BCUT2D eigenvalue weighted by Crippen LogP contribution is -2.49. The van der Waals surface area contributed by atoms with Crippen LogP contribution in [0.25, 0.3) is 0 Å². The summed E-state index contributed by atoms with van der Waals surface area (Å²) in [4.78, 5) is 20.8. The Bertz CT molecular complexity index is 253. The minimum Gasteiger partial charge on any atom is -0.331 e. The number of amides is 2. The highest BCUT2D eigenvalue weighted by Gasteiger charge is 2.24. The van der Waals surface area contributed by atoms with Crippen LogP contribution in [0.2, 0.25) is 0 Å². The van der Waals surface area contributed by atoms with Gasteiger partial charge in [-0.15, -0.1) is 0 Å². The minimum atomic E-state index is -0.170. The minimum absolute atomic E-state index is 0.0974. The summed E-state index contributed by atoms with van der Waals surface area (Å²) in [5.74, 6) is 0. The van der Waals surface area contributed by atoms with Gasteiger partial charge in [-0.05, 0) is 33.6 Å².